The zero-order valence-corrected chi connectivity index (χ0v) is 22.5. The summed E-state index contributed by atoms with van der Waals surface area (Å²) in [7, 11) is -1.86. The Balaban J connectivity index is 1.51. The summed E-state index contributed by atoms with van der Waals surface area (Å²) in [6.07, 6.45) is 1.04. The van der Waals surface area contributed by atoms with Crippen LogP contribution in [0.15, 0.2) is 42.6 Å². The third kappa shape index (κ3) is 5.47. The van der Waals surface area contributed by atoms with Gasteiger partial charge in [0.1, 0.15) is 24.7 Å². The van der Waals surface area contributed by atoms with E-state index >= 15 is 0 Å². The van der Waals surface area contributed by atoms with Crippen LogP contribution in [0.2, 0.25) is 19.6 Å². The molecule has 10 nitrogen and oxygen atoms in total. The van der Waals surface area contributed by atoms with Gasteiger partial charge in [-0.2, -0.15) is 0 Å². The maximum atomic E-state index is 13.2. The molecular formula is C26H32N2O8Si. The predicted molar refractivity (Wildman–Crippen MR) is 136 cm³/mol. The lowest BCUT2D eigenvalue weighted by molar-refractivity contribution is -0.161. The molecule has 0 radical (unpaired) electrons. The molecule has 198 valence electrons. The summed E-state index contributed by atoms with van der Waals surface area (Å²) < 4.78 is 21.8. The zero-order valence-electron chi connectivity index (χ0n) is 21.5. The van der Waals surface area contributed by atoms with Crippen molar-refractivity contribution in [1.29, 1.82) is 0 Å². The van der Waals surface area contributed by atoms with Crippen molar-refractivity contribution >= 4 is 37.8 Å². The van der Waals surface area contributed by atoms with Crippen LogP contribution < -0.4 is 4.74 Å². The van der Waals surface area contributed by atoms with Crippen molar-refractivity contribution in [1.82, 2.24) is 9.80 Å². The second kappa shape index (κ2) is 10.5. The van der Waals surface area contributed by atoms with Gasteiger partial charge in [-0.05, 0) is 56.3 Å². The number of fused-ring (bicyclic) bond motifs is 1. The number of nitrogens with zero attached hydrogens (tertiary/aromatic N) is 2. The Morgan fingerprint density at radius 3 is 2.51 bits per heavy atom. The maximum Gasteiger partial charge on any atom is 0.416 e. The van der Waals surface area contributed by atoms with Crippen molar-refractivity contribution in [3.63, 3.8) is 0 Å². The Labute approximate surface area is 216 Å². The van der Waals surface area contributed by atoms with Crippen LogP contribution in [0.25, 0.3) is 5.57 Å². The summed E-state index contributed by atoms with van der Waals surface area (Å²) in [6, 6.07) is 6.71. The minimum Gasteiger partial charge on any atom is -0.484 e. The second-order valence-electron chi connectivity index (χ2n) is 10.1. The van der Waals surface area contributed by atoms with Crippen LogP contribution in [-0.4, -0.2) is 80.5 Å². The molecule has 0 aromatic heterocycles. The van der Waals surface area contributed by atoms with Crippen LogP contribution in [-0.2, 0) is 28.3 Å². The summed E-state index contributed by atoms with van der Waals surface area (Å²) in [4.78, 5) is 52.4. The Kier molecular flexibility index (Phi) is 7.56. The van der Waals surface area contributed by atoms with Crippen LogP contribution in [0.3, 0.4) is 0 Å². The van der Waals surface area contributed by atoms with Gasteiger partial charge in [0.2, 0.25) is 5.91 Å². The van der Waals surface area contributed by atoms with Crippen molar-refractivity contribution in [2.75, 3.05) is 26.4 Å². The van der Waals surface area contributed by atoms with Crippen LogP contribution in [0.1, 0.15) is 18.9 Å². The first kappa shape index (κ1) is 26.6. The summed E-state index contributed by atoms with van der Waals surface area (Å²) in [5, 5.41) is 0. The van der Waals surface area contributed by atoms with E-state index in [2.05, 4.69) is 26.2 Å². The third-order valence-electron chi connectivity index (χ3n) is 6.41. The fourth-order valence-corrected chi connectivity index (χ4v) is 6.19. The van der Waals surface area contributed by atoms with Crippen LogP contribution in [0.4, 0.5) is 4.79 Å². The molecule has 2 saturated heterocycles. The van der Waals surface area contributed by atoms with Crippen molar-refractivity contribution in [2.24, 2.45) is 5.92 Å². The van der Waals surface area contributed by atoms with Gasteiger partial charge in [0.05, 0.1) is 24.6 Å². The Morgan fingerprint density at radius 1 is 1.22 bits per heavy atom. The normalized spacial score (nSPS) is 21.8. The topological polar surface area (TPSA) is 112 Å². The highest BCUT2D eigenvalue weighted by atomic mass is 28.4. The first-order chi connectivity index (χ1) is 17.5. The smallest absolute Gasteiger partial charge is 0.416 e. The second-order valence-corrected chi connectivity index (χ2v) is 14.6. The lowest BCUT2D eigenvalue weighted by Gasteiger charge is -2.47. The number of esters is 1. The first-order valence-electron chi connectivity index (χ1n) is 12.2. The highest BCUT2D eigenvalue weighted by Crippen LogP contribution is 2.48. The fourth-order valence-electron chi connectivity index (χ4n) is 4.93. The average Bonchev–Trinajstić information content (AvgIpc) is 3.41. The Hall–Kier alpha value is -3.44. The van der Waals surface area contributed by atoms with Gasteiger partial charge in [-0.25, -0.2) is 14.5 Å². The number of β-lactam (4-membered cyclic amide) rings is 1. The molecule has 3 heterocycles. The van der Waals surface area contributed by atoms with Gasteiger partial charge in [0, 0.05) is 0 Å². The van der Waals surface area contributed by atoms with E-state index in [-0.39, 0.29) is 56.0 Å². The van der Waals surface area contributed by atoms with E-state index in [1.54, 1.807) is 24.3 Å². The monoisotopic (exact) mass is 528 g/mol. The molecule has 4 rings (SSSR count). The van der Waals surface area contributed by atoms with Gasteiger partial charge in [-0.15, -0.1) is 0 Å². The van der Waals surface area contributed by atoms with Crippen molar-refractivity contribution in [2.45, 2.75) is 45.1 Å². The third-order valence-corrected chi connectivity index (χ3v) is 7.49. The van der Waals surface area contributed by atoms with Gasteiger partial charge in [-0.1, -0.05) is 24.8 Å². The minimum absolute atomic E-state index is 0.0340. The molecule has 3 aliphatic rings. The summed E-state index contributed by atoms with van der Waals surface area (Å²) in [6.45, 7) is 11.8. The molecule has 2 fully saturated rings. The number of amides is 3. The average molecular weight is 529 g/mol. The maximum absolute atomic E-state index is 13.2. The fraction of sp³-hybridized carbons (Fsp3) is 0.462. The van der Waals surface area contributed by atoms with Gasteiger partial charge < -0.3 is 23.5 Å². The summed E-state index contributed by atoms with van der Waals surface area (Å²) >= 11 is 0. The number of cyclic esters (lactones) is 1. The predicted octanol–water partition coefficient (Wildman–Crippen LogP) is 2.96. The highest BCUT2D eigenvalue weighted by Gasteiger charge is 2.57. The first-order valence-corrected chi connectivity index (χ1v) is 15.6. The van der Waals surface area contributed by atoms with Crippen molar-refractivity contribution < 1.29 is 37.8 Å². The number of hydrogen-bond donors (Lipinski definition) is 0. The van der Waals surface area contributed by atoms with E-state index in [0.717, 1.165) is 10.5 Å². The van der Waals surface area contributed by atoms with E-state index in [0.29, 0.717) is 17.7 Å². The molecule has 3 amide bonds. The number of hydrogen-bond acceptors (Lipinski definition) is 8. The lowest BCUT2D eigenvalue weighted by atomic mass is 9.82. The van der Waals surface area contributed by atoms with Crippen LogP contribution >= 0.6 is 0 Å². The van der Waals surface area contributed by atoms with Crippen molar-refractivity contribution in [3.05, 3.63) is 48.2 Å². The molecule has 3 atom stereocenters. The van der Waals surface area contributed by atoms with Gasteiger partial charge in [0.25, 0.3) is 5.91 Å². The largest absolute Gasteiger partial charge is 0.484 e. The molecule has 0 saturated carbocycles. The molecular weight excluding hydrogens is 496 g/mol. The highest BCUT2D eigenvalue weighted by molar-refractivity contribution is 6.69. The molecule has 37 heavy (non-hydrogen) atoms. The number of ether oxygens (including phenoxy) is 3. The quantitative estimate of drug-likeness (QED) is 0.197. The number of benzene rings is 1. The number of carbonyl (C=O) groups excluding carboxylic acids is 4. The molecule has 0 unspecified atom stereocenters. The van der Waals surface area contributed by atoms with Crippen molar-refractivity contribution in [3.8, 4) is 5.75 Å². The molecule has 3 aliphatic heterocycles. The lowest BCUT2D eigenvalue weighted by Crippen LogP contribution is -2.63. The standard InChI is InChI=1S/C26H32N2O8Si/c1-6-12-33-25(31)23-19(14-20-22(24(30)28(20)23)16(2)36-37(3,4)5)17-7-9-18(10-8-17)35-15-21(29)27-11-13-34-26(27)32/h6-10,16,20,22H,1,11-15H2,2-5H3/t16-,20-,22-/m1/s1. The van der Waals surface area contributed by atoms with Gasteiger partial charge in [0.15, 0.2) is 14.9 Å². The molecule has 0 spiro atoms. The molecule has 0 bridgehead atoms. The molecule has 1 aromatic carbocycles. The SMILES string of the molecule is C=CCOC(=O)C1=C(c2ccc(OCC(=O)N3CCOC3=O)cc2)C[C@@H]2[C@@H]([C@@H](C)O[Si](C)(C)C)C(=O)N12. The van der Waals surface area contributed by atoms with Gasteiger partial charge in [-0.3, -0.25) is 9.59 Å². The molecule has 11 heteroatoms. The van der Waals surface area contributed by atoms with Crippen LogP contribution in [0, 0.1) is 5.92 Å². The van der Waals surface area contributed by atoms with Gasteiger partial charge >= 0.3 is 12.1 Å². The Morgan fingerprint density at radius 2 is 1.92 bits per heavy atom. The summed E-state index contributed by atoms with van der Waals surface area (Å²) in [5.41, 5.74) is 1.69. The zero-order chi connectivity index (χ0) is 26.9. The van der Waals surface area contributed by atoms with E-state index in [1.165, 1.54) is 11.0 Å². The van der Waals surface area contributed by atoms with E-state index < -0.39 is 26.3 Å². The van der Waals surface area contributed by atoms with E-state index in [1.807, 2.05) is 6.92 Å². The number of carbonyl (C=O) groups is 4. The summed E-state index contributed by atoms with van der Waals surface area (Å²) in [5.74, 6) is -1.12. The molecule has 0 N–H and O–H groups in total. The number of imide groups is 1. The Bertz CT molecular complexity index is 1140. The number of rotatable bonds is 10. The van der Waals surface area contributed by atoms with E-state index in [4.69, 9.17) is 18.6 Å². The minimum atomic E-state index is -1.86. The molecule has 0 aliphatic carbocycles. The van der Waals surface area contributed by atoms with E-state index in [9.17, 15) is 19.2 Å². The molecule has 1 aromatic rings. The van der Waals surface area contributed by atoms with Crippen LogP contribution in [0.5, 0.6) is 5.75 Å².